The Bertz CT molecular complexity index is 543. The van der Waals surface area contributed by atoms with Gasteiger partial charge in [0.2, 0.25) is 15.9 Å². The van der Waals surface area contributed by atoms with E-state index in [9.17, 15) is 13.2 Å². The summed E-state index contributed by atoms with van der Waals surface area (Å²) in [6, 6.07) is 1.81. The van der Waals surface area contributed by atoms with Gasteiger partial charge in [0.05, 0.1) is 24.8 Å². The summed E-state index contributed by atoms with van der Waals surface area (Å²) >= 11 is 0. The van der Waals surface area contributed by atoms with E-state index in [-0.39, 0.29) is 23.9 Å². The Labute approximate surface area is 139 Å². The molecule has 1 amide bonds. The molecule has 0 aromatic rings. The van der Waals surface area contributed by atoms with E-state index in [1.165, 1.54) is 10.6 Å². The van der Waals surface area contributed by atoms with Crippen LogP contribution in [0.2, 0.25) is 0 Å². The third-order valence-corrected chi connectivity index (χ3v) is 5.73. The second kappa shape index (κ2) is 8.62. The summed E-state index contributed by atoms with van der Waals surface area (Å²) in [5.41, 5.74) is 0. The van der Waals surface area contributed by atoms with Gasteiger partial charge in [-0.25, -0.2) is 12.7 Å². The Morgan fingerprint density at radius 1 is 1.52 bits per heavy atom. The van der Waals surface area contributed by atoms with Crippen LogP contribution in [-0.2, 0) is 14.8 Å². The van der Waals surface area contributed by atoms with E-state index in [2.05, 4.69) is 5.32 Å². The largest absolute Gasteiger partial charge is 0.343 e. The Kier molecular flexibility index (Phi) is 7.45. The van der Waals surface area contributed by atoms with Gasteiger partial charge in [0, 0.05) is 32.7 Å². The summed E-state index contributed by atoms with van der Waals surface area (Å²) in [4.78, 5) is 13.9. The topological polar surface area (TPSA) is 93.5 Å². The molecule has 0 bridgehead atoms. The number of carbonyl (C=O) groups is 1. The number of hydrogen-bond donors (Lipinski definition) is 1. The van der Waals surface area contributed by atoms with Gasteiger partial charge in [-0.2, -0.15) is 5.26 Å². The monoisotopic (exact) mass is 344 g/mol. The fourth-order valence-corrected chi connectivity index (χ4v) is 3.88. The lowest BCUT2D eigenvalue weighted by Crippen LogP contribution is -2.55. The molecule has 7 nitrogen and oxygen atoms in total. The van der Waals surface area contributed by atoms with Crippen LogP contribution in [0.15, 0.2) is 0 Å². The van der Waals surface area contributed by atoms with Crippen LogP contribution < -0.4 is 5.32 Å². The van der Waals surface area contributed by atoms with Crippen molar-refractivity contribution < 1.29 is 13.2 Å². The fraction of sp³-hybridized carbons (Fsp3) is 0.867. The first-order chi connectivity index (χ1) is 10.7. The minimum atomic E-state index is -3.16. The molecule has 0 radical (unpaired) electrons. The number of nitrogens with one attached hydrogen (secondary N) is 1. The number of likely N-dealkylation sites (N-methyl/N-ethyl adjacent to an activating group) is 1. The van der Waals surface area contributed by atoms with Crippen molar-refractivity contribution in [2.24, 2.45) is 5.92 Å². The molecule has 1 saturated heterocycles. The molecule has 0 unspecified atom stereocenters. The maximum Gasteiger partial charge on any atom is 0.239 e. The zero-order valence-corrected chi connectivity index (χ0v) is 15.3. The lowest BCUT2D eigenvalue weighted by Gasteiger charge is -2.39. The highest BCUT2D eigenvalue weighted by molar-refractivity contribution is 7.88. The average Bonchev–Trinajstić information content (AvgIpc) is 2.50. The summed E-state index contributed by atoms with van der Waals surface area (Å²) in [7, 11) is -1.47. The molecule has 0 saturated carbocycles. The molecule has 0 aliphatic carbocycles. The number of hydrogen-bond acceptors (Lipinski definition) is 5. The Morgan fingerprint density at radius 2 is 2.17 bits per heavy atom. The second-order valence-corrected chi connectivity index (χ2v) is 8.22. The molecule has 0 spiro atoms. The quantitative estimate of drug-likeness (QED) is 0.721. The number of nitriles is 1. The number of carbonyl (C=O) groups excluding carboxylic acids is 1. The molecule has 3 atom stereocenters. The molecular formula is C15H28N4O3S. The van der Waals surface area contributed by atoms with Gasteiger partial charge in [0.1, 0.15) is 0 Å². The number of piperidine rings is 1. The van der Waals surface area contributed by atoms with Crippen molar-refractivity contribution >= 4 is 15.9 Å². The molecule has 1 rings (SSSR count). The molecule has 23 heavy (non-hydrogen) atoms. The number of amides is 1. The van der Waals surface area contributed by atoms with Crippen molar-refractivity contribution in [2.75, 3.05) is 32.9 Å². The van der Waals surface area contributed by atoms with Crippen LogP contribution in [0.5, 0.6) is 0 Å². The average molecular weight is 344 g/mol. The maximum absolute atomic E-state index is 12.3. The molecule has 0 aromatic heterocycles. The van der Waals surface area contributed by atoms with E-state index in [1.54, 1.807) is 11.9 Å². The van der Waals surface area contributed by atoms with Crippen LogP contribution in [0.4, 0.5) is 0 Å². The van der Waals surface area contributed by atoms with Gasteiger partial charge >= 0.3 is 0 Å². The van der Waals surface area contributed by atoms with Crippen LogP contribution in [0, 0.1) is 17.2 Å². The van der Waals surface area contributed by atoms with Gasteiger partial charge in [-0.15, -0.1) is 0 Å². The minimum Gasteiger partial charge on any atom is -0.343 e. The van der Waals surface area contributed by atoms with Crippen molar-refractivity contribution in [3.8, 4) is 6.07 Å². The first-order valence-corrected chi connectivity index (χ1v) is 9.88. The van der Waals surface area contributed by atoms with Crippen molar-refractivity contribution in [3.05, 3.63) is 0 Å². The molecule has 0 aromatic carbocycles. The second-order valence-electron chi connectivity index (χ2n) is 6.24. The number of rotatable bonds is 7. The van der Waals surface area contributed by atoms with Crippen LogP contribution >= 0.6 is 0 Å². The van der Waals surface area contributed by atoms with E-state index in [0.29, 0.717) is 32.5 Å². The van der Waals surface area contributed by atoms with Gasteiger partial charge in [0.15, 0.2) is 0 Å². The molecule has 1 N–H and O–H groups in total. The zero-order chi connectivity index (χ0) is 17.6. The van der Waals surface area contributed by atoms with Gasteiger partial charge in [-0.3, -0.25) is 4.79 Å². The third-order valence-electron chi connectivity index (χ3n) is 4.46. The summed E-state index contributed by atoms with van der Waals surface area (Å²) in [5.74, 6) is 0.152. The fourth-order valence-electron chi connectivity index (χ4n) is 2.98. The molecule has 132 valence electrons. The van der Waals surface area contributed by atoms with Crippen LogP contribution in [-0.4, -0.2) is 68.6 Å². The summed E-state index contributed by atoms with van der Waals surface area (Å²) in [6.07, 6.45) is 3.11. The lowest BCUT2D eigenvalue weighted by atomic mass is 9.90. The predicted octanol–water partition coefficient (Wildman–Crippen LogP) is 0.397. The van der Waals surface area contributed by atoms with Crippen molar-refractivity contribution in [2.45, 2.75) is 45.2 Å². The van der Waals surface area contributed by atoms with Gasteiger partial charge in [0.25, 0.3) is 0 Å². The highest BCUT2D eigenvalue weighted by Gasteiger charge is 2.33. The first kappa shape index (κ1) is 19.9. The highest BCUT2D eigenvalue weighted by atomic mass is 32.2. The molecule has 8 heteroatoms. The smallest absolute Gasteiger partial charge is 0.239 e. The third kappa shape index (κ3) is 5.75. The van der Waals surface area contributed by atoms with E-state index in [1.807, 2.05) is 19.9 Å². The van der Waals surface area contributed by atoms with Crippen molar-refractivity contribution in [3.63, 3.8) is 0 Å². The normalized spacial score (nSPS) is 24.0. The summed E-state index contributed by atoms with van der Waals surface area (Å²) < 4.78 is 24.9. The Hall–Kier alpha value is -1.17. The SMILES string of the molecule is CC[C@@H]1CN(S(C)(=O)=O)CC[C@@H]1N[C@@H](C)C(=O)N(C)CCC#N. The minimum absolute atomic E-state index is 0.0411. The van der Waals surface area contributed by atoms with Crippen molar-refractivity contribution in [1.82, 2.24) is 14.5 Å². The van der Waals surface area contributed by atoms with E-state index in [4.69, 9.17) is 5.26 Å². The zero-order valence-electron chi connectivity index (χ0n) is 14.4. The van der Waals surface area contributed by atoms with Crippen LogP contribution in [0.3, 0.4) is 0 Å². The van der Waals surface area contributed by atoms with E-state index < -0.39 is 10.0 Å². The Balaban J connectivity index is 2.62. The molecule has 1 fully saturated rings. The molecular weight excluding hydrogens is 316 g/mol. The van der Waals surface area contributed by atoms with Crippen LogP contribution in [0.1, 0.15) is 33.1 Å². The highest BCUT2D eigenvalue weighted by Crippen LogP contribution is 2.22. The number of nitrogens with zero attached hydrogens (tertiary/aromatic N) is 3. The summed E-state index contributed by atoms with van der Waals surface area (Å²) in [5, 5.41) is 11.9. The van der Waals surface area contributed by atoms with Gasteiger partial charge in [-0.05, 0) is 19.3 Å². The molecule has 1 heterocycles. The first-order valence-electron chi connectivity index (χ1n) is 8.03. The lowest BCUT2D eigenvalue weighted by molar-refractivity contribution is -0.132. The Morgan fingerprint density at radius 3 is 2.70 bits per heavy atom. The van der Waals surface area contributed by atoms with E-state index >= 15 is 0 Å². The van der Waals surface area contributed by atoms with Gasteiger partial charge < -0.3 is 10.2 Å². The van der Waals surface area contributed by atoms with Gasteiger partial charge in [-0.1, -0.05) is 13.3 Å². The van der Waals surface area contributed by atoms with E-state index in [0.717, 1.165) is 6.42 Å². The summed E-state index contributed by atoms with van der Waals surface area (Å²) in [6.45, 7) is 5.26. The standard InChI is InChI=1S/C15H28N4O3S/c1-5-13-11-19(23(4,21)22)10-7-14(13)17-12(2)15(20)18(3)9-6-8-16/h12-14,17H,5-7,9-11H2,1-4H3/t12-,13+,14-/m0/s1. The van der Waals surface area contributed by atoms with Crippen molar-refractivity contribution in [1.29, 1.82) is 5.26 Å². The molecule has 1 aliphatic rings. The predicted molar refractivity (Wildman–Crippen MR) is 89.1 cm³/mol. The molecule has 1 aliphatic heterocycles. The number of sulfonamides is 1. The maximum atomic E-state index is 12.3. The van der Waals surface area contributed by atoms with Crippen LogP contribution in [0.25, 0.3) is 0 Å².